The van der Waals surface area contributed by atoms with Gasteiger partial charge in [-0.2, -0.15) is 0 Å². The maximum atomic E-state index is 10.9. The van der Waals surface area contributed by atoms with E-state index in [1.165, 1.54) is 6.20 Å². The molecule has 1 N–H and O–H groups in total. The molecule has 0 saturated carbocycles. The monoisotopic (exact) mass is 137 g/mol. The van der Waals surface area contributed by atoms with Gasteiger partial charge in [0.15, 0.2) is 0 Å². The van der Waals surface area contributed by atoms with Crippen molar-refractivity contribution in [2.75, 3.05) is 11.9 Å². The summed E-state index contributed by atoms with van der Waals surface area (Å²) in [5.41, 5.74) is -0.164. The molecule has 4 heteroatoms. The summed E-state index contributed by atoms with van der Waals surface area (Å²) in [6.07, 6.45) is 1.52. The van der Waals surface area contributed by atoms with Crippen molar-refractivity contribution in [1.29, 1.82) is 0 Å². The van der Waals surface area contributed by atoms with Crippen LogP contribution in [0.5, 0.6) is 0 Å². The third-order valence-electron chi connectivity index (χ3n) is 1.58. The van der Waals surface area contributed by atoms with Crippen LogP contribution in [0.3, 0.4) is 0 Å². The molecule has 0 fully saturated rings. The van der Waals surface area contributed by atoms with E-state index in [1.807, 2.05) is 0 Å². The Labute approximate surface area is 57.5 Å². The average Bonchev–Trinajstić information content (AvgIpc) is 2.36. The third kappa shape index (κ3) is 0.618. The van der Waals surface area contributed by atoms with Gasteiger partial charge in [-0.05, 0) is 6.07 Å². The second-order valence-electron chi connectivity index (χ2n) is 2.19. The van der Waals surface area contributed by atoms with E-state index in [0.29, 0.717) is 0 Å². The Hall–Kier alpha value is -1.32. The van der Waals surface area contributed by atoms with Gasteiger partial charge in [-0.3, -0.25) is 4.57 Å². The first-order valence-electron chi connectivity index (χ1n) is 3.17. The van der Waals surface area contributed by atoms with Gasteiger partial charge in [-0.15, -0.1) is 0 Å². The minimum atomic E-state index is -0.164. The van der Waals surface area contributed by atoms with Gasteiger partial charge in [0, 0.05) is 19.3 Å². The highest BCUT2D eigenvalue weighted by Gasteiger charge is 2.08. The molecule has 0 saturated heterocycles. The van der Waals surface area contributed by atoms with Crippen molar-refractivity contribution in [2.24, 2.45) is 0 Å². The SMILES string of the molecule is O=c1nccc2n1CCN2. The third-order valence-corrected chi connectivity index (χ3v) is 1.58. The highest BCUT2D eigenvalue weighted by molar-refractivity contribution is 5.36. The maximum absolute atomic E-state index is 10.9. The summed E-state index contributed by atoms with van der Waals surface area (Å²) in [6.45, 7) is 1.57. The van der Waals surface area contributed by atoms with Crippen LogP contribution in [0.2, 0.25) is 0 Å². The van der Waals surface area contributed by atoms with E-state index in [2.05, 4.69) is 10.3 Å². The highest BCUT2D eigenvalue weighted by atomic mass is 16.1. The Bertz CT molecular complexity index is 304. The second-order valence-corrected chi connectivity index (χ2v) is 2.19. The lowest BCUT2D eigenvalue weighted by Crippen LogP contribution is -2.19. The first-order chi connectivity index (χ1) is 4.88. The molecule has 0 bridgehead atoms. The van der Waals surface area contributed by atoms with Crippen molar-refractivity contribution in [1.82, 2.24) is 9.55 Å². The van der Waals surface area contributed by atoms with E-state index in [-0.39, 0.29) is 5.69 Å². The Morgan fingerprint density at radius 3 is 3.40 bits per heavy atom. The zero-order chi connectivity index (χ0) is 6.97. The molecule has 0 unspecified atom stereocenters. The van der Waals surface area contributed by atoms with Crippen molar-refractivity contribution in [3.8, 4) is 0 Å². The van der Waals surface area contributed by atoms with Crippen molar-refractivity contribution >= 4 is 5.82 Å². The first-order valence-corrected chi connectivity index (χ1v) is 3.17. The van der Waals surface area contributed by atoms with Crippen molar-refractivity contribution in [3.63, 3.8) is 0 Å². The average molecular weight is 137 g/mol. The predicted molar refractivity (Wildman–Crippen MR) is 37.0 cm³/mol. The number of fused-ring (bicyclic) bond motifs is 1. The predicted octanol–water partition coefficient (Wildman–Crippen LogP) is -0.331. The molecule has 0 atom stereocenters. The normalized spacial score (nSPS) is 14.4. The van der Waals surface area contributed by atoms with Crippen molar-refractivity contribution in [3.05, 3.63) is 22.7 Å². The molecule has 1 aliphatic heterocycles. The van der Waals surface area contributed by atoms with Crippen LogP contribution in [0.15, 0.2) is 17.1 Å². The van der Waals surface area contributed by atoms with Gasteiger partial charge < -0.3 is 5.32 Å². The molecule has 0 radical (unpaired) electrons. The molecule has 0 amide bonds. The van der Waals surface area contributed by atoms with Gasteiger partial charge in [0.2, 0.25) is 0 Å². The summed E-state index contributed by atoms with van der Waals surface area (Å²) in [7, 11) is 0. The van der Waals surface area contributed by atoms with Gasteiger partial charge in [0.1, 0.15) is 5.82 Å². The molecule has 0 aromatic carbocycles. The minimum absolute atomic E-state index is 0.164. The van der Waals surface area contributed by atoms with Gasteiger partial charge in [-0.25, -0.2) is 9.78 Å². The second kappa shape index (κ2) is 1.83. The summed E-state index contributed by atoms with van der Waals surface area (Å²) < 4.78 is 1.62. The van der Waals surface area contributed by atoms with E-state index in [4.69, 9.17) is 0 Å². The van der Waals surface area contributed by atoms with E-state index in [0.717, 1.165) is 18.9 Å². The number of aromatic nitrogens is 2. The molecule has 1 aromatic rings. The molecule has 10 heavy (non-hydrogen) atoms. The summed E-state index contributed by atoms with van der Waals surface area (Å²) in [5.74, 6) is 0.875. The zero-order valence-electron chi connectivity index (χ0n) is 5.37. The lowest BCUT2D eigenvalue weighted by atomic mass is 10.6. The quantitative estimate of drug-likeness (QED) is 0.532. The summed E-state index contributed by atoms with van der Waals surface area (Å²) >= 11 is 0. The molecular weight excluding hydrogens is 130 g/mol. The van der Waals surface area contributed by atoms with Gasteiger partial charge in [-0.1, -0.05) is 0 Å². The molecule has 1 aliphatic rings. The minimum Gasteiger partial charge on any atom is -0.370 e. The van der Waals surface area contributed by atoms with Crippen molar-refractivity contribution in [2.45, 2.75) is 6.54 Å². The number of hydrogen-bond donors (Lipinski definition) is 1. The molecule has 0 spiro atoms. The molecule has 1 aromatic heterocycles. The van der Waals surface area contributed by atoms with Crippen molar-refractivity contribution < 1.29 is 0 Å². The number of rotatable bonds is 0. The topological polar surface area (TPSA) is 46.9 Å². The van der Waals surface area contributed by atoms with E-state index < -0.39 is 0 Å². The number of hydrogen-bond acceptors (Lipinski definition) is 3. The standard InChI is InChI=1S/C6H7N3O/c10-6-8-2-1-5-7-3-4-9(5)6/h1-2,7H,3-4H2. The number of nitrogens with one attached hydrogen (secondary N) is 1. The van der Waals surface area contributed by atoms with Crippen LogP contribution in [0.1, 0.15) is 0 Å². The Balaban J connectivity index is 2.70. The maximum Gasteiger partial charge on any atom is 0.349 e. The Kier molecular flexibility index (Phi) is 1.00. The molecule has 2 heterocycles. The molecule has 52 valence electrons. The van der Waals surface area contributed by atoms with Gasteiger partial charge >= 0.3 is 5.69 Å². The van der Waals surface area contributed by atoms with Crippen LogP contribution < -0.4 is 11.0 Å². The number of nitrogens with zero attached hydrogens (tertiary/aromatic N) is 2. The fourth-order valence-corrected chi connectivity index (χ4v) is 1.10. The summed E-state index contributed by atoms with van der Waals surface area (Å²) in [4.78, 5) is 14.5. The molecular formula is C6H7N3O. The molecule has 2 rings (SSSR count). The fraction of sp³-hybridized carbons (Fsp3) is 0.333. The molecule has 0 aliphatic carbocycles. The van der Waals surface area contributed by atoms with Gasteiger partial charge in [0.25, 0.3) is 0 Å². The van der Waals surface area contributed by atoms with Crippen LogP contribution in [0.4, 0.5) is 5.82 Å². The van der Waals surface area contributed by atoms with Crippen LogP contribution in [0.25, 0.3) is 0 Å². The lowest BCUT2D eigenvalue weighted by Gasteiger charge is -1.96. The highest BCUT2D eigenvalue weighted by Crippen LogP contribution is 2.06. The molecule has 4 nitrogen and oxygen atoms in total. The summed E-state index contributed by atoms with van der Waals surface area (Å²) in [6, 6.07) is 1.80. The Morgan fingerprint density at radius 2 is 2.60 bits per heavy atom. The zero-order valence-corrected chi connectivity index (χ0v) is 5.37. The number of anilines is 1. The van der Waals surface area contributed by atoms with Crippen LogP contribution in [-0.4, -0.2) is 16.1 Å². The lowest BCUT2D eigenvalue weighted by molar-refractivity contribution is 0.742. The van der Waals surface area contributed by atoms with E-state index >= 15 is 0 Å². The van der Waals surface area contributed by atoms with E-state index in [1.54, 1.807) is 10.6 Å². The fourth-order valence-electron chi connectivity index (χ4n) is 1.10. The van der Waals surface area contributed by atoms with Crippen LogP contribution in [0, 0.1) is 0 Å². The van der Waals surface area contributed by atoms with Gasteiger partial charge in [0.05, 0.1) is 0 Å². The van der Waals surface area contributed by atoms with E-state index in [9.17, 15) is 4.79 Å². The largest absolute Gasteiger partial charge is 0.370 e. The Morgan fingerprint density at radius 1 is 1.70 bits per heavy atom. The smallest absolute Gasteiger partial charge is 0.349 e. The van der Waals surface area contributed by atoms with Crippen LogP contribution in [-0.2, 0) is 6.54 Å². The van der Waals surface area contributed by atoms with Crippen LogP contribution >= 0.6 is 0 Å². The first kappa shape index (κ1) is 5.46. The summed E-state index contributed by atoms with van der Waals surface area (Å²) in [5, 5.41) is 3.06.